The quantitative estimate of drug-likeness (QED) is 0.236. The van der Waals surface area contributed by atoms with Gasteiger partial charge in [-0.25, -0.2) is 14.6 Å². The molecule has 218 valence electrons. The van der Waals surface area contributed by atoms with Gasteiger partial charge in [-0.05, 0) is 66.8 Å². The number of urea groups is 1. The van der Waals surface area contributed by atoms with Crippen LogP contribution in [0.25, 0.3) is 0 Å². The van der Waals surface area contributed by atoms with Gasteiger partial charge in [0.1, 0.15) is 5.75 Å². The number of methoxy groups -OCH3 is 1. The van der Waals surface area contributed by atoms with Crippen LogP contribution in [0.3, 0.4) is 0 Å². The molecular formula is C25H24ClF6N3O4S. The van der Waals surface area contributed by atoms with E-state index in [0.717, 1.165) is 54.3 Å². The van der Waals surface area contributed by atoms with Gasteiger partial charge in [0.05, 0.1) is 35.6 Å². The van der Waals surface area contributed by atoms with Crippen LogP contribution in [0.4, 0.5) is 41.6 Å². The van der Waals surface area contributed by atoms with Crippen LogP contribution in [-0.4, -0.2) is 54.9 Å². The predicted molar refractivity (Wildman–Crippen MR) is 139 cm³/mol. The van der Waals surface area contributed by atoms with Gasteiger partial charge in [0.25, 0.3) is 0 Å². The van der Waals surface area contributed by atoms with E-state index in [1.165, 1.54) is 6.07 Å². The Labute approximate surface area is 235 Å². The number of hydrazone groups is 1. The van der Waals surface area contributed by atoms with Gasteiger partial charge in [0.15, 0.2) is 0 Å². The SMILES string of the molecule is COC(=O)N(C(=O)N1CC(C)(CCCSC)C(c2ccc(C(F)(F)F)c(Cl)c2)=N1)c1ccc(OC(F)(F)F)cc1. The molecule has 40 heavy (non-hydrogen) atoms. The number of rotatable bonds is 7. The fourth-order valence-electron chi connectivity index (χ4n) is 4.19. The van der Waals surface area contributed by atoms with Gasteiger partial charge < -0.3 is 9.47 Å². The fourth-order valence-corrected chi connectivity index (χ4v) is 4.91. The van der Waals surface area contributed by atoms with Crippen molar-refractivity contribution >= 4 is 46.9 Å². The van der Waals surface area contributed by atoms with E-state index >= 15 is 0 Å². The minimum atomic E-state index is -4.94. The molecule has 0 aliphatic carbocycles. The summed E-state index contributed by atoms with van der Waals surface area (Å²) in [5.41, 5.74) is -1.43. The zero-order valence-corrected chi connectivity index (χ0v) is 23.0. The Morgan fingerprint density at radius 3 is 2.30 bits per heavy atom. The van der Waals surface area contributed by atoms with E-state index < -0.39 is 46.4 Å². The third-order valence-corrected chi connectivity index (χ3v) is 7.02. The van der Waals surface area contributed by atoms with E-state index in [9.17, 15) is 35.9 Å². The Kier molecular flexibility index (Phi) is 9.55. The van der Waals surface area contributed by atoms with E-state index in [2.05, 4.69) is 9.84 Å². The van der Waals surface area contributed by atoms with Crippen LogP contribution in [-0.2, 0) is 10.9 Å². The summed E-state index contributed by atoms with van der Waals surface area (Å²) in [6.45, 7) is 1.74. The number of hydrogen-bond donors (Lipinski definition) is 0. The molecule has 15 heteroatoms. The fraction of sp³-hybridized carbons (Fsp3) is 0.400. The molecule has 1 aliphatic rings. The van der Waals surface area contributed by atoms with Crippen molar-refractivity contribution in [3.63, 3.8) is 0 Å². The second-order valence-corrected chi connectivity index (χ2v) is 10.4. The van der Waals surface area contributed by atoms with Crippen molar-refractivity contribution in [1.82, 2.24) is 5.01 Å². The standard InChI is InChI=1S/C25H24ClF6N3O4S/c1-23(11-4-12-40-3)14-34(33-20(23)15-5-10-18(19(26)13-15)24(27,28)29)21(36)35(22(37)38-2)16-6-8-17(9-7-16)39-25(30,31)32/h5-10,13H,4,11-12,14H2,1-3H3. The lowest BCUT2D eigenvalue weighted by Gasteiger charge is -2.28. The summed E-state index contributed by atoms with van der Waals surface area (Å²) in [4.78, 5) is 26.7. The Balaban J connectivity index is 2.00. The Morgan fingerprint density at radius 1 is 1.12 bits per heavy atom. The molecule has 0 spiro atoms. The summed E-state index contributed by atoms with van der Waals surface area (Å²) in [7, 11) is 1.01. The lowest BCUT2D eigenvalue weighted by molar-refractivity contribution is -0.274. The zero-order valence-electron chi connectivity index (χ0n) is 21.4. The van der Waals surface area contributed by atoms with E-state index in [1.54, 1.807) is 18.7 Å². The van der Waals surface area contributed by atoms with Crippen LogP contribution in [0.5, 0.6) is 5.75 Å². The molecule has 2 aromatic carbocycles. The van der Waals surface area contributed by atoms with Crippen LogP contribution in [0.1, 0.15) is 30.9 Å². The van der Waals surface area contributed by atoms with Crippen LogP contribution in [0.2, 0.25) is 5.02 Å². The number of benzene rings is 2. The highest BCUT2D eigenvalue weighted by atomic mass is 35.5. The largest absolute Gasteiger partial charge is 0.573 e. The summed E-state index contributed by atoms with van der Waals surface area (Å²) >= 11 is 7.54. The molecular weight excluding hydrogens is 588 g/mol. The number of thioether (sulfide) groups is 1. The maximum Gasteiger partial charge on any atom is 0.573 e. The molecule has 7 nitrogen and oxygen atoms in total. The van der Waals surface area contributed by atoms with E-state index in [0.29, 0.717) is 17.7 Å². The number of carbonyl (C=O) groups is 2. The van der Waals surface area contributed by atoms with Crippen molar-refractivity contribution in [2.24, 2.45) is 10.5 Å². The number of halogens is 7. The number of alkyl halides is 6. The number of anilines is 1. The second-order valence-electron chi connectivity index (χ2n) is 8.99. The molecule has 0 saturated heterocycles. The van der Waals surface area contributed by atoms with Crippen LogP contribution >= 0.6 is 23.4 Å². The molecule has 0 bridgehead atoms. The number of nitrogens with zero attached hydrogens (tertiary/aromatic N) is 3. The average molecular weight is 612 g/mol. The maximum atomic E-state index is 13.6. The highest BCUT2D eigenvalue weighted by Gasteiger charge is 2.44. The first kappa shape index (κ1) is 31.4. The van der Waals surface area contributed by atoms with Crippen molar-refractivity contribution in [2.45, 2.75) is 32.3 Å². The second kappa shape index (κ2) is 12.2. The van der Waals surface area contributed by atoms with Gasteiger partial charge in [-0.2, -0.15) is 34.9 Å². The zero-order chi connectivity index (χ0) is 29.9. The molecule has 0 aromatic heterocycles. The van der Waals surface area contributed by atoms with Crippen molar-refractivity contribution in [3.8, 4) is 5.75 Å². The van der Waals surface area contributed by atoms with Crippen molar-refractivity contribution in [3.05, 3.63) is 58.6 Å². The average Bonchev–Trinajstić information content (AvgIpc) is 3.20. The lowest BCUT2D eigenvalue weighted by Crippen LogP contribution is -2.45. The highest BCUT2D eigenvalue weighted by molar-refractivity contribution is 7.98. The summed E-state index contributed by atoms with van der Waals surface area (Å²) in [6, 6.07) is 6.14. The first-order valence-corrected chi connectivity index (χ1v) is 13.4. The molecule has 1 unspecified atom stereocenters. The molecule has 3 rings (SSSR count). The number of imide groups is 1. The van der Waals surface area contributed by atoms with Crippen LogP contribution in [0, 0.1) is 5.41 Å². The van der Waals surface area contributed by atoms with Crippen LogP contribution < -0.4 is 9.64 Å². The monoisotopic (exact) mass is 611 g/mol. The number of carbonyl (C=O) groups excluding carboxylic acids is 2. The van der Waals surface area contributed by atoms with Crippen molar-refractivity contribution < 1.29 is 45.4 Å². The van der Waals surface area contributed by atoms with E-state index in [-0.39, 0.29) is 23.5 Å². The van der Waals surface area contributed by atoms with Crippen molar-refractivity contribution in [1.29, 1.82) is 0 Å². The minimum absolute atomic E-state index is 0.0447. The van der Waals surface area contributed by atoms with E-state index in [1.807, 2.05) is 6.26 Å². The summed E-state index contributed by atoms with van der Waals surface area (Å²) < 4.78 is 85.9. The smallest absolute Gasteiger partial charge is 0.452 e. The first-order valence-electron chi connectivity index (χ1n) is 11.6. The molecule has 0 radical (unpaired) electrons. The normalized spacial score (nSPS) is 17.4. The van der Waals surface area contributed by atoms with E-state index in [4.69, 9.17) is 16.3 Å². The Hall–Kier alpha value is -3.13. The predicted octanol–water partition coefficient (Wildman–Crippen LogP) is 7.82. The number of hydrogen-bond acceptors (Lipinski definition) is 6. The number of amides is 3. The molecule has 1 heterocycles. The third kappa shape index (κ3) is 7.33. The van der Waals surface area contributed by atoms with Crippen molar-refractivity contribution in [2.75, 3.05) is 30.6 Å². The summed E-state index contributed by atoms with van der Waals surface area (Å²) in [5.74, 6) is 0.195. The molecule has 3 amide bonds. The van der Waals surface area contributed by atoms with Crippen LogP contribution in [0.15, 0.2) is 47.6 Å². The Morgan fingerprint density at radius 2 is 1.77 bits per heavy atom. The summed E-state index contributed by atoms with van der Waals surface area (Å²) in [5, 5.41) is 4.81. The van der Waals surface area contributed by atoms with Gasteiger partial charge in [0, 0.05) is 5.41 Å². The van der Waals surface area contributed by atoms with Gasteiger partial charge in [-0.15, -0.1) is 13.2 Å². The first-order chi connectivity index (χ1) is 18.6. The van der Waals surface area contributed by atoms with Gasteiger partial charge in [0.2, 0.25) is 0 Å². The third-order valence-electron chi connectivity index (χ3n) is 6.01. The molecule has 1 atom stereocenters. The minimum Gasteiger partial charge on any atom is -0.452 e. The molecule has 2 aromatic rings. The summed E-state index contributed by atoms with van der Waals surface area (Å²) in [6.07, 6.45) is -7.65. The number of ether oxygens (including phenoxy) is 2. The molecule has 0 N–H and O–H groups in total. The van der Waals surface area contributed by atoms with Gasteiger partial charge >= 0.3 is 24.7 Å². The highest BCUT2D eigenvalue weighted by Crippen LogP contribution is 2.40. The maximum absolute atomic E-state index is 13.6. The molecule has 0 saturated carbocycles. The topological polar surface area (TPSA) is 71.4 Å². The lowest BCUT2D eigenvalue weighted by atomic mass is 9.78. The Bertz CT molecular complexity index is 1270. The molecule has 0 fully saturated rings. The van der Waals surface area contributed by atoms with Gasteiger partial charge in [-0.1, -0.05) is 24.6 Å². The molecule has 1 aliphatic heterocycles. The van der Waals surface area contributed by atoms with Gasteiger partial charge in [-0.3, -0.25) is 0 Å².